The van der Waals surface area contributed by atoms with Crippen LogP contribution in [0.3, 0.4) is 0 Å². The third-order valence-electron chi connectivity index (χ3n) is 1.47. The molecule has 1 aromatic carbocycles. The molecule has 0 aliphatic carbocycles. The first kappa shape index (κ1) is 10.3. The zero-order valence-corrected chi connectivity index (χ0v) is 10.6. The van der Waals surface area contributed by atoms with Gasteiger partial charge in [0.25, 0.3) is 0 Å². The van der Waals surface area contributed by atoms with Crippen LogP contribution in [-0.4, -0.2) is 11.9 Å². The Morgan fingerprint density at radius 1 is 1.50 bits per heavy atom. The lowest BCUT2D eigenvalue weighted by Gasteiger charge is -2.07. The highest BCUT2D eigenvalue weighted by Crippen LogP contribution is 2.19. The van der Waals surface area contributed by atoms with E-state index >= 15 is 0 Å². The van der Waals surface area contributed by atoms with Gasteiger partial charge in [-0.15, -0.1) is 0 Å². The first-order valence-electron chi connectivity index (χ1n) is 3.69. The summed E-state index contributed by atoms with van der Waals surface area (Å²) in [5.74, 6) is 0.981. The van der Waals surface area contributed by atoms with Crippen LogP contribution in [-0.2, 0) is 0 Å². The number of alkyl halides is 1. The summed E-state index contributed by atoms with van der Waals surface area (Å²) in [5.41, 5.74) is 1.20. The highest BCUT2D eigenvalue weighted by atomic mass is 127. The molecule has 0 atom stereocenters. The molecule has 0 aromatic heterocycles. The third kappa shape index (κ3) is 2.94. The molecule has 0 heterocycles. The smallest absolute Gasteiger partial charge is 0.122 e. The SMILES string of the molecule is Cc1cc(I)ccc1OCCBr. The maximum Gasteiger partial charge on any atom is 0.122 e. The van der Waals surface area contributed by atoms with Crippen molar-refractivity contribution in [2.45, 2.75) is 6.92 Å². The van der Waals surface area contributed by atoms with Crippen molar-refractivity contribution < 1.29 is 4.74 Å². The standard InChI is InChI=1S/C9H10BrIO/c1-7-6-8(11)2-3-9(7)12-5-4-10/h2-3,6H,4-5H2,1H3. The highest BCUT2D eigenvalue weighted by Gasteiger charge is 1.98. The molecule has 0 unspecified atom stereocenters. The molecule has 0 radical (unpaired) electrons. The molecule has 0 saturated carbocycles. The zero-order chi connectivity index (χ0) is 8.97. The zero-order valence-electron chi connectivity index (χ0n) is 6.81. The van der Waals surface area contributed by atoms with Crippen LogP contribution in [0.5, 0.6) is 5.75 Å². The molecule has 66 valence electrons. The van der Waals surface area contributed by atoms with E-state index in [-0.39, 0.29) is 0 Å². The van der Waals surface area contributed by atoms with Gasteiger partial charge in [-0.2, -0.15) is 0 Å². The minimum atomic E-state index is 0.724. The predicted octanol–water partition coefficient (Wildman–Crippen LogP) is 3.37. The van der Waals surface area contributed by atoms with Gasteiger partial charge in [0.1, 0.15) is 5.75 Å². The summed E-state index contributed by atoms with van der Waals surface area (Å²) in [5, 5.41) is 0.873. The number of ether oxygens (including phenoxy) is 1. The van der Waals surface area contributed by atoms with Crippen LogP contribution in [0.1, 0.15) is 5.56 Å². The molecule has 1 aromatic rings. The Bertz CT molecular complexity index is 263. The van der Waals surface area contributed by atoms with E-state index < -0.39 is 0 Å². The summed E-state index contributed by atoms with van der Waals surface area (Å²) in [7, 11) is 0. The van der Waals surface area contributed by atoms with Crippen molar-refractivity contribution in [1.82, 2.24) is 0 Å². The molecule has 0 aliphatic heterocycles. The van der Waals surface area contributed by atoms with Crippen LogP contribution in [0.15, 0.2) is 18.2 Å². The van der Waals surface area contributed by atoms with Gasteiger partial charge in [0.2, 0.25) is 0 Å². The fraction of sp³-hybridized carbons (Fsp3) is 0.333. The van der Waals surface area contributed by atoms with E-state index in [0.717, 1.165) is 17.7 Å². The summed E-state index contributed by atoms with van der Waals surface area (Å²) in [6, 6.07) is 6.18. The van der Waals surface area contributed by atoms with Crippen LogP contribution >= 0.6 is 38.5 Å². The van der Waals surface area contributed by atoms with Gasteiger partial charge in [0.15, 0.2) is 0 Å². The third-order valence-corrected chi connectivity index (χ3v) is 2.47. The Balaban J connectivity index is 2.72. The molecule has 0 N–H and O–H groups in total. The molecular weight excluding hydrogens is 331 g/mol. The summed E-state index contributed by atoms with van der Waals surface area (Å²) in [6.45, 7) is 2.78. The topological polar surface area (TPSA) is 9.23 Å². The molecule has 0 bridgehead atoms. The van der Waals surface area contributed by atoms with E-state index in [0.29, 0.717) is 0 Å². The molecule has 1 nitrogen and oxygen atoms in total. The lowest BCUT2D eigenvalue weighted by atomic mass is 10.2. The molecule has 0 spiro atoms. The monoisotopic (exact) mass is 340 g/mol. The molecule has 12 heavy (non-hydrogen) atoms. The average Bonchev–Trinajstić information content (AvgIpc) is 2.03. The van der Waals surface area contributed by atoms with Crippen molar-refractivity contribution in [3.8, 4) is 5.75 Å². The van der Waals surface area contributed by atoms with E-state index in [2.05, 4.69) is 57.6 Å². The lowest BCUT2D eigenvalue weighted by molar-refractivity contribution is 0.342. The number of rotatable bonds is 3. The average molecular weight is 341 g/mol. The number of benzene rings is 1. The normalized spacial score (nSPS) is 9.92. The van der Waals surface area contributed by atoms with Gasteiger partial charge in [-0.05, 0) is 53.3 Å². The number of aryl methyl sites for hydroxylation is 1. The number of hydrogen-bond acceptors (Lipinski definition) is 1. The second-order valence-electron chi connectivity index (χ2n) is 2.45. The molecule has 1 rings (SSSR count). The fourth-order valence-corrected chi connectivity index (χ4v) is 1.73. The maximum absolute atomic E-state index is 5.49. The summed E-state index contributed by atoms with van der Waals surface area (Å²) in [4.78, 5) is 0. The Hall–Kier alpha value is 0.230. The van der Waals surface area contributed by atoms with Gasteiger partial charge in [-0.25, -0.2) is 0 Å². The van der Waals surface area contributed by atoms with Crippen molar-refractivity contribution in [3.05, 3.63) is 27.3 Å². The van der Waals surface area contributed by atoms with Crippen molar-refractivity contribution in [2.24, 2.45) is 0 Å². The highest BCUT2D eigenvalue weighted by molar-refractivity contribution is 14.1. The number of halogens is 2. The van der Waals surface area contributed by atoms with Gasteiger partial charge in [0.05, 0.1) is 6.61 Å². The minimum Gasteiger partial charge on any atom is -0.492 e. The van der Waals surface area contributed by atoms with Gasteiger partial charge >= 0.3 is 0 Å². The number of hydrogen-bond donors (Lipinski definition) is 0. The van der Waals surface area contributed by atoms with Gasteiger partial charge < -0.3 is 4.74 Å². The fourth-order valence-electron chi connectivity index (χ4n) is 0.923. The van der Waals surface area contributed by atoms with E-state index in [1.54, 1.807) is 0 Å². The maximum atomic E-state index is 5.49. The first-order valence-corrected chi connectivity index (χ1v) is 5.89. The van der Waals surface area contributed by atoms with Crippen molar-refractivity contribution >= 4 is 38.5 Å². The van der Waals surface area contributed by atoms with Gasteiger partial charge in [0, 0.05) is 8.90 Å². The molecule has 0 fully saturated rings. The van der Waals surface area contributed by atoms with Crippen molar-refractivity contribution in [2.75, 3.05) is 11.9 Å². The van der Waals surface area contributed by atoms with Crippen LogP contribution in [0.25, 0.3) is 0 Å². The van der Waals surface area contributed by atoms with Crippen LogP contribution in [0.4, 0.5) is 0 Å². The van der Waals surface area contributed by atoms with Crippen LogP contribution in [0, 0.1) is 10.5 Å². The Morgan fingerprint density at radius 2 is 2.25 bits per heavy atom. The second kappa shape index (κ2) is 5.07. The Labute approximate surface area is 94.8 Å². The summed E-state index contributed by atoms with van der Waals surface area (Å²) < 4.78 is 6.74. The minimum absolute atomic E-state index is 0.724. The lowest BCUT2D eigenvalue weighted by Crippen LogP contribution is -1.99. The molecular formula is C9H10BrIO. The summed E-state index contributed by atoms with van der Waals surface area (Å²) >= 11 is 5.61. The molecule has 3 heteroatoms. The molecule has 0 saturated heterocycles. The Morgan fingerprint density at radius 3 is 2.83 bits per heavy atom. The van der Waals surface area contributed by atoms with E-state index in [1.165, 1.54) is 9.13 Å². The quantitative estimate of drug-likeness (QED) is 0.605. The van der Waals surface area contributed by atoms with Gasteiger partial charge in [-0.3, -0.25) is 0 Å². The van der Waals surface area contributed by atoms with Crippen LogP contribution < -0.4 is 4.74 Å². The summed E-state index contributed by atoms with van der Waals surface area (Å²) in [6.07, 6.45) is 0. The largest absolute Gasteiger partial charge is 0.492 e. The predicted molar refractivity (Wildman–Crippen MR) is 63.2 cm³/mol. The second-order valence-corrected chi connectivity index (χ2v) is 4.49. The van der Waals surface area contributed by atoms with Gasteiger partial charge in [-0.1, -0.05) is 15.9 Å². The first-order chi connectivity index (χ1) is 5.74. The van der Waals surface area contributed by atoms with Crippen molar-refractivity contribution in [1.29, 1.82) is 0 Å². The molecule has 0 amide bonds. The Kier molecular flexibility index (Phi) is 4.35. The van der Waals surface area contributed by atoms with Crippen LogP contribution in [0.2, 0.25) is 0 Å². The van der Waals surface area contributed by atoms with Crippen molar-refractivity contribution in [3.63, 3.8) is 0 Å². The molecule has 0 aliphatic rings. The van der Waals surface area contributed by atoms with E-state index in [9.17, 15) is 0 Å². The van der Waals surface area contributed by atoms with E-state index in [4.69, 9.17) is 4.74 Å². The van der Waals surface area contributed by atoms with E-state index in [1.807, 2.05) is 6.07 Å².